The number of aryl methyl sites for hydroxylation is 3. The highest BCUT2D eigenvalue weighted by molar-refractivity contribution is 7.17. The van der Waals surface area contributed by atoms with Crippen molar-refractivity contribution in [2.75, 3.05) is 6.61 Å². The van der Waals surface area contributed by atoms with Gasteiger partial charge in [-0.3, -0.25) is 9.36 Å². The van der Waals surface area contributed by atoms with Gasteiger partial charge in [0.15, 0.2) is 0 Å². The predicted molar refractivity (Wildman–Crippen MR) is 89.9 cm³/mol. The van der Waals surface area contributed by atoms with Gasteiger partial charge in [-0.2, -0.15) is 0 Å². The fourth-order valence-corrected chi connectivity index (χ4v) is 3.11. The first-order chi connectivity index (χ1) is 10.6. The van der Waals surface area contributed by atoms with Crippen molar-refractivity contribution in [3.8, 4) is 5.75 Å². The van der Waals surface area contributed by atoms with Crippen LogP contribution >= 0.6 is 11.3 Å². The Labute approximate surface area is 133 Å². The van der Waals surface area contributed by atoms with Gasteiger partial charge in [-0.1, -0.05) is 12.1 Å². The van der Waals surface area contributed by atoms with E-state index in [-0.39, 0.29) is 5.56 Å². The number of ether oxygens (including phenoxy) is 1. The highest BCUT2D eigenvalue weighted by Crippen LogP contribution is 2.19. The summed E-state index contributed by atoms with van der Waals surface area (Å²) in [5.74, 6) is 0.916. The molecule has 0 aliphatic heterocycles. The Bertz CT molecular complexity index is 851. The summed E-state index contributed by atoms with van der Waals surface area (Å²) in [6.45, 7) is 5.28. The second kappa shape index (κ2) is 6.32. The fraction of sp³-hybridized carbons (Fsp3) is 0.294. The van der Waals surface area contributed by atoms with Crippen molar-refractivity contribution in [2.45, 2.75) is 26.8 Å². The molecular formula is C17H18N2O2S. The highest BCUT2D eigenvalue weighted by Gasteiger charge is 2.05. The van der Waals surface area contributed by atoms with Crippen LogP contribution in [0.1, 0.15) is 17.5 Å². The monoisotopic (exact) mass is 314 g/mol. The van der Waals surface area contributed by atoms with Crippen LogP contribution in [0.2, 0.25) is 0 Å². The van der Waals surface area contributed by atoms with Crippen LogP contribution in [-0.2, 0) is 6.54 Å². The molecule has 0 aliphatic rings. The summed E-state index contributed by atoms with van der Waals surface area (Å²) in [6, 6.07) is 8.05. The van der Waals surface area contributed by atoms with Crippen LogP contribution in [0.4, 0.5) is 0 Å². The van der Waals surface area contributed by atoms with Gasteiger partial charge in [0.25, 0.3) is 5.56 Å². The van der Waals surface area contributed by atoms with Gasteiger partial charge < -0.3 is 4.74 Å². The number of rotatable bonds is 5. The van der Waals surface area contributed by atoms with Crippen LogP contribution in [0.25, 0.3) is 10.2 Å². The molecule has 4 nitrogen and oxygen atoms in total. The standard InChI is InChI=1S/C17H18N2O2S/c1-12-4-5-13(2)15(10-12)21-8-3-7-19-11-18-14-6-9-22-16(14)17(19)20/h4-6,9-11H,3,7-8H2,1-2H3. The van der Waals surface area contributed by atoms with Crippen LogP contribution in [0, 0.1) is 13.8 Å². The lowest BCUT2D eigenvalue weighted by molar-refractivity contribution is 0.299. The van der Waals surface area contributed by atoms with E-state index in [1.165, 1.54) is 16.9 Å². The molecule has 0 bridgehead atoms. The quantitative estimate of drug-likeness (QED) is 0.677. The molecule has 0 aliphatic carbocycles. The zero-order valence-electron chi connectivity index (χ0n) is 12.7. The van der Waals surface area contributed by atoms with Gasteiger partial charge in [0.2, 0.25) is 0 Å². The van der Waals surface area contributed by atoms with E-state index < -0.39 is 0 Å². The Kier molecular flexibility index (Phi) is 4.24. The molecular weight excluding hydrogens is 296 g/mol. The van der Waals surface area contributed by atoms with E-state index in [0.29, 0.717) is 13.2 Å². The topological polar surface area (TPSA) is 44.1 Å². The highest BCUT2D eigenvalue weighted by atomic mass is 32.1. The number of fused-ring (bicyclic) bond motifs is 1. The largest absolute Gasteiger partial charge is 0.493 e. The van der Waals surface area contributed by atoms with E-state index in [1.54, 1.807) is 10.9 Å². The minimum atomic E-state index is 0.0340. The maximum Gasteiger partial charge on any atom is 0.271 e. The summed E-state index contributed by atoms with van der Waals surface area (Å²) < 4.78 is 8.20. The minimum absolute atomic E-state index is 0.0340. The normalized spacial score (nSPS) is 11.0. The first-order valence-corrected chi connectivity index (χ1v) is 8.16. The molecule has 3 aromatic rings. The maximum absolute atomic E-state index is 12.2. The molecule has 2 heterocycles. The Morgan fingerprint density at radius 1 is 1.27 bits per heavy atom. The van der Waals surface area contributed by atoms with Crippen LogP contribution in [-0.4, -0.2) is 16.2 Å². The molecule has 0 amide bonds. The summed E-state index contributed by atoms with van der Waals surface area (Å²) in [5, 5.41) is 1.90. The van der Waals surface area contributed by atoms with Gasteiger partial charge >= 0.3 is 0 Å². The summed E-state index contributed by atoms with van der Waals surface area (Å²) in [5.41, 5.74) is 3.12. The van der Waals surface area contributed by atoms with Crippen molar-refractivity contribution < 1.29 is 4.74 Å². The second-order valence-corrected chi connectivity index (χ2v) is 6.27. The smallest absolute Gasteiger partial charge is 0.271 e. The van der Waals surface area contributed by atoms with E-state index in [4.69, 9.17) is 4.74 Å². The average molecular weight is 314 g/mol. The molecule has 114 valence electrons. The van der Waals surface area contributed by atoms with E-state index >= 15 is 0 Å². The predicted octanol–water partition coefficient (Wildman–Crippen LogP) is 3.54. The Hall–Kier alpha value is -2.14. The van der Waals surface area contributed by atoms with Crippen LogP contribution in [0.5, 0.6) is 5.75 Å². The zero-order chi connectivity index (χ0) is 15.5. The summed E-state index contributed by atoms with van der Waals surface area (Å²) in [4.78, 5) is 16.5. The summed E-state index contributed by atoms with van der Waals surface area (Å²) >= 11 is 1.44. The van der Waals surface area contributed by atoms with E-state index in [9.17, 15) is 4.79 Å². The van der Waals surface area contributed by atoms with Crippen molar-refractivity contribution >= 4 is 21.6 Å². The number of thiophene rings is 1. The van der Waals surface area contributed by atoms with Gasteiger partial charge in [-0.05, 0) is 48.9 Å². The molecule has 0 atom stereocenters. The molecule has 0 radical (unpaired) electrons. The van der Waals surface area contributed by atoms with Gasteiger partial charge in [0, 0.05) is 6.54 Å². The first-order valence-electron chi connectivity index (χ1n) is 7.28. The molecule has 0 spiro atoms. The molecule has 1 aromatic carbocycles. The third-order valence-electron chi connectivity index (χ3n) is 3.58. The third-order valence-corrected chi connectivity index (χ3v) is 4.47. The number of aromatic nitrogens is 2. The van der Waals surface area contributed by atoms with E-state index in [2.05, 4.69) is 17.1 Å². The Balaban J connectivity index is 1.61. The molecule has 0 saturated heterocycles. The Morgan fingerprint density at radius 2 is 2.14 bits per heavy atom. The third kappa shape index (κ3) is 3.04. The van der Waals surface area contributed by atoms with Crippen molar-refractivity contribution in [3.63, 3.8) is 0 Å². The van der Waals surface area contributed by atoms with Crippen molar-refractivity contribution in [1.29, 1.82) is 0 Å². The molecule has 0 saturated carbocycles. The molecule has 2 aromatic heterocycles. The summed E-state index contributed by atoms with van der Waals surface area (Å²) in [7, 11) is 0. The molecule has 22 heavy (non-hydrogen) atoms. The SMILES string of the molecule is Cc1ccc(C)c(OCCCn2cnc3ccsc3c2=O)c1. The lowest BCUT2D eigenvalue weighted by Crippen LogP contribution is -2.20. The second-order valence-electron chi connectivity index (χ2n) is 5.35. The number of hydrogen-bond donors (Lipinski definition) is 0. The van der Waals surface area contributed by atoms with Crippen molar-refractivity contribution in [3.05, 3.63) is 57.5 Å². The van der Waals surface area contributed by atoms with Gasteiger partial charge in [0.1, 0.15) is 10.4 Å². The van der Waals surface area contributed by atoms with E-state index in [0.717, 1.165) is 28.0 Å². The average Bonchev–Trinajstić information content (AvgIpc) is 2.98. The van der Waals surface area contributed by atoms with Crippen molar-refractivity contribution in [2.24, 2.45) is 0 Å². The van der Waals surface area contributed by atoms with E-state index in [1.807, 2.05) is 31.4 Å². The lowest BCUT2D eigenvalue weighted by atomic mass is 10.1. The minimum Gasteiger partial charge on any atom is -0.493 e. The van der Waals surface area contributed by atoms with Crippen LogP contribution in [0.15, 0.2) is 40.8 Å². The number of nitrogens with zero attached hydrogens (tertiary/aromatic N) is 2. The van der Waals surface area contributed by atoms with Crippen molar-refractivity contribution in [1.82, 2.24) is 9.55 Å². The Morgan fingerprint density at radius 3 is 3.00 bits per heavy atom. The fourth-order valence-electron chi connectivity index (χ4n) is 2.32. The molecule has 5 heteroatoms. The van der Waals surface area contributed by atoms with Gasteiger partial charge in [-0.25, -0.2) is 4.98 Å². The summed E-state index contributed by atoms with van der Waals surface area (Å²) in [6.07, 6.45) is 2.39. The van der Waals surface area contributed by atoms with Gasteiger partial charge in [0.05, 0.1) is 18.5 Å². The molecule has 3 rings (SSSR count). The first kappa shape index (κ1) is 14.8. The zero-order valence-corrected chi connectivity index (χ0v) is 13.5. The van der Waals surface area contributed by atoms with Crippen LogP contribution in [0.3, 0.4) is 0 Å². The lowest BCUT2D eigenvalue weighted by Gasteiger charge is -2.10. The number of benzene rings is 1. The molecule has 0 unspecified atom stereocenters. The molecule has 0 fully saturated rings. The molecule has 0 N–H and O–H groups in total. The maximum atomic E-state index is 12.2. The number of hydrogen-bond acceptors (Lipinski definition) is 4. The van der Waals surface area contributed by atoms with Gasteiger partial charge in [-0.15, -0.1) is 11.3 Å². The van der Waals surface area contributed by atoms with Crippen LogP contribution < -0.4 is 10.3 Å².